The number of methoxy groups -OCH3 is 1. The highest BCUT2D eigenvalue weighted by Crippen LogP contribution is 2.31. The molecule has 1 aromatic rings. The maximum absolute atomic E-state index is 12.1. The third-order valence-electron chi connectivity index (χ3n) is 3.15. The summed E-state index contributed by atoms with van der Waals surface area (Å²) in [6.45, 7) is 6.87. The van der Waals surface area contributed by atoms with Crippen LogP contribution < -0.4 is 4.74 Å². The van der Waals surface area contributed by atoms with Crippen LogP contribution in [0.25, 0.3) is 0 Å². The number of hydrogen-bond donors (Lipinski definition) is 0. The molecule has 0 N–H and O–H groups in total. The Morgan fingerprint density at radius 1 is 1.35 bits per heavy atom. The second kappa shape index (κ2) is 5.64. The van der Waals surface area contributed by atoms with Gasteiger partial charge in [0.05, 0.1) is 13.7 Å². The van der Waals surface area contributed by atoms with Crippen molar-refractivity contribution < 1.29 is 14.3 Å². The summed E-state index contributed by atoms with van der Waals surface area (Å²) in [7, 11) is 1.66. The molecule has 110 valence electrons. The monoisotopic (exact) mass is 341 g/mol. The van der Waals surface area contributed by atoms with Crippen molar-refractivity contribution in [3.8, 4) is 5.75 Å². The van der Waals surface area contributed by atoms with Gasteiger partial charge in [0, 0.05) is 11.0 Å². The molecule has 0 fully saturated rings. The van der Waals surface area contributed by atoms with Gasteiger partial charge in [-0.05, 0) is 50.5 Å². The lowest BCUT2D eigenvalue weighted by molar-refractivity contribution is 0.0223. The summed E-state index contributed by atoms with van der Waals surface area (Å²) in [5.74, 6) is 0.835. The standard InChI is InChI=1S/C15H20BrNO3/c1-15(2,3)20-14(18)17-6-5-10-7-11(19-4)8-13(16)12(10)9-17/h7-8H,5-6,9H2,1-4H3. The van der Waals surface area contributed by atoms with Gasteiger partial charge in [0.25, 0.3) is 0 Å². The molecule has 2 rings (SSSR count). The van der Waals surface area contributed by atoms with Crippen LogP contribution in [0.4, 0.5) is 4.79 Å². The molecule has 1 aromatic carbocycles. The minimum Gasteiger partial charge on any atom is -0.497 e. The molecule has 1 amide bonds. The molecule has 4 nitrogen and oxygen atoms in total. The van der Waals surface area contributed by atoms with E-state index in [1.54, 1.807) is 12.0 Å². The molecule has 1 heterocycles. The number of hydrogen-bond acceptors (Lipinski definition) is 3. The number of rotatable bonds is 1. The fourth-order valence-corrected chi connectivity index (χ4v) is 2.80. The summed E-state index contributed by atoms with van der Waals surface area (Å²) >= 11 is 3.55. The first kappa shape index (κ1) is 15.2. The molecule has 20 heavy (non-hydrogen) atoms. The Labute approximate surface area is 128 Å². The van der Waals surface area contributed by atoms with Gasteiger partial charge in [-0.2, -0.15) is 0 Å². The molecule has 0 bridgehead atoms. The summed E-state index contributed by atoms with van der Waals surface area (Å²) < 4.78 is 11.7. The van der Waals surface area contributed by atoms with Crippen molar-refractivity contribution >= 4 is 22.0 Å². The highest BCUT2D eigenvalue weighted by atomic mass is 79.9. The molecule has 1 aliphatic rings. The number of benzene rings is 1. The van der Waals surface area contributed by atoms with Crippen molar-refractivity contribution in [2.24, 2.45) is 0 Å². The van der Waals surface area contributed by atoms with Crippen molar-refractivity contribution in [2.75, 3.05) is 13.7 Å². The third-order valence-corrected chi connectivity index (χ3v) is 3.86. The van der Waals surface area contributed by atoms with Gasteiger partial charge >= 0.3 is 6.09 Å². The minimum absolute atomic E-state index is 0.258. The summed E-state index contributed by atoms with van der Waals surface area (Å²) in [6.07, 6.45) is 0.551. The van der Waals surface area contributed by atoms with Gasteiger partial charge in [-0.1, -0.05) is 15.9 Å². The van der Waals surface area contributed by atoms with E-state index in [0.717, 1.165) is 22.2 Å². The summed E-state index contributed by atoms with van der Waals surface area (Å²) in [4.78, 5) is 13.9. The Morgan fingerprint density at radius 3 is 2.65 bits per heavy atom. The van der Waals surface area contributed by atoms with Crippen LogP contribution in [0.3, 0.4) is 0 Å². The van der Waals surface area contributed by atoms with Crippen LogP contribution >= 0.6 is 15.9 Å². The van der Waals surface area contributed by atoms with Gasteiger partial charge in [0.1, 0.15) is 11.4 Å². The molecular formula is C15H20BrNO3. The minimum atomic E-state index is -0.464. The summed E-state index contributed by atoms with van der Waals surface area (Å²) in [6, 6.07) is 3.96. The highest BCUT2D eigenvalue weighted by Gasteiger charge is 2.27. The van der Waals surface area contributed by atoms with E-state index in [-0.39, 0.29) is 6.09 Å². The topological polar surface area (TPSA) is 38.8 Å². The molecule has 0 unspecified atom stereocenters. The number of ether oxygens (including phenoxy) is 2. The smallest absolute Gasteiger partial charge is 0.410 e. The molecule has 0 aromatic heterocycles. The van der Waals surface area contributed by atoms with Gasteiger partial charge in [0.15, 0.2) is 0 Å². The number of amides is 1. The Hall–Kier alpha value is -1.23. The molecule has 0 spiro atoms. The molecule has 1 aliphatic heterocycles. The first-order valence-corrected chi connectivity index (χ1v) is 7.42. The largest absolute Gasteiger partial charge is 0.497 e. The maximum Gasteiger partial charge on any atom is 0.410 e. The Morgan fingerprint density at radius 2 is 2.05 bits per heavy atom. The number of fused-ring (bicyclic) bond motifs is 1. The average molecular weight is 342 g/mol. The van der Waals surface area contributed by atoms with Crippen LogP contribution in [0.15, 0.2) is 16.6 Å². The SMILES string of the molecule is COc1cc(Br)c2c(c1)CCN(C(=O)OC(C)(C)C)C2. The van der Waals surface area contributed by atoms with E-state index in [0.29, 0.717) is 13.1 Å². The van der Waals surface area contributed by atoms with E-state index in [1.165, 1.54) is 5.56 Å². The van der Waals surface area contributed by atoms with Crippen LogP contribution in [0.2, 0.25) is 0 Å². The fourth-order valence-electron chi connectivity index (χ4n) is 2.19. The Balaban J connectivity index is 2.17. The Kier molecular flexibility index (Phi) is 4.28. The van der Waals surface area contributed by atoms with Crippen LogP contribution in [0, 0.1) is 0 Å². The van der Waals surface area contributed by atoms with Gasteiger partial charge in [-0.3, -0.25) is 0 Å². The molecule has 0 saturated carbocycles. The quantitative estimate of drug-likeness (QED) is 0.780. The van der Waals surface area contributed by atoms with E-state index >= 15 is 0 Å². The average Bonchev–Trinajstić information content (AvgIpc) is 2.36. The first-order valence-electron chi connectivity index (χ1n) is 6.63. The second-order valence-corrected chi connectivity index (χ2v) is 6.75. The molecule has 0 atom stereocenters. The van der Waals surface area contributed by atoms with Crippen LogP contribution in [-0.4, -0.2) is 30.2 Å². The third kappa shape index (κ3) is 3.45. The lowest BCUT2D eigenvalue weighted by Gasteiger charge is -2.31. The first-order chi connectivity index (χ1) is 9.30. The molecular weight excluding hydrogens is 322 g/mol. The number of carbonyl (C=O) groups excluding carboxylic acids is 1. The molecule has 0 aliphatic carbocycles. The zero-order valence-electron chi connectivity index (χ0n) is 12.3. The van der Waals surface area contributed by atoms with Gasteiger partial charge in [-0.25, -0.2) is 4.79 Å². The van der Waals surface area contributed by atoms with Gasteiger partial charge in [0.2, 0.25) is 0 Å². The van der Waals surface area contributed by atoms with Gasteiger partial charge in [-0.15, -0.1) is 0 Å². The number of carbonyl (C=O) groups is 1. The molecule has 5 heteroatoms. The van der Waals surface area contributed by atoms with Gasteiger partial charge < -0.3 is 14.4 Å². The number of nitrogens with zero attached hydrogens (tertiary/aromatic N) is 1. The van der Waals surface area contributed by atoms with Crippen molar-refractivity contribution in [2.45, 2.75) is 39.3 Å². The second-order valence-electron chi connectivity index (χ2n) is 5.90. The number of halogens is 1. The van der Waals surface area contributed by atoms with Crippen molar-refractivity contribution in [1.29, 1.82) is 0 Å². The van der Waals surface area contributed by atoms with Crippen LogP contribution in [0.5, 0.6) is 5.75 Å². The summed E-state index contributed by atoms with van der Waals surface area (Å²) in [5.41, 5.74) is 1.88. The predicted octanol–water partition coefficient (Wildman–Crippen LogP) is 3.75. The lowest BCUT2D eigenvalue weighted by Crippen LogP contribution is -2.40. The van der Waals surface area contributed by atoms with E-state index in [2.05, 4.69) is 15.9 Å². The molecule has 0 saturated heterocycles. The fraction of sp³-hybridized carbons (Fsp3) is 0.533. The highest BCUT2D eigenvalue weighted by molar-refractivity contribution is 9.10. The zero-order chi connectivity index (χ0) is 14.9. The van der Waals surface area contributed by atoms with E-state index in [9.17, 15) is 4.79 Å². The van der Waals surface area contributed by atoms with Crippen LogP contribution in [0.1, 0.15) is 31.9 Å². The van der Waals surface area contributed by atoms with Crippen molar-refractivity contribution in [3.05, 3.63) is 27.7 Å². The van der Waals surface area contributed by atoms with Crippen molar-refractivity contribution in [1.82, 2.24) is 4.90 Å². The van der Waals surface area contributed by atoms with E-state index in [4.69, 9.17) is 9.47 Å². The van der Waals surface area contributed by atoms with E-state index < -0.39 is 5.60 Å². The summed E-state index contributed by atoms with van der Waals surface area (Å²) in [5, 5.41) is 0. The Bertz CT molecular complexity index is 523. The van der Waals surface area contributed by atoms with E-state index in [1.807, 2.05) is 32.9 Å². The maximum atomic E-state index is 12.1. The normalized spacial score (nSPS) is 14.8. The van der Waals surface area contributed by atoms with Crippen molar-refractivity contribution in [3.63, 3.8) is 0 Å². The zero-order valence-corrected chi connectivity index (χ0v) is 13.9. The lowest BCUT2D eigenvalue weighted by atomic mass is 10.00. The predicted molar refractivity (Wildman–Crippen MR) is 81.0 cm³/mol. The molecule has 0 radical (unpaired) electrons. The van der Waals surface area contributed by atoms with Crippen LogP contribution in [-0.2, 0) is 17.7 Å².